The quantitative estimate of drug-likeness (QED) is 0.639. The highest BCUT2D eigenvalue weighted by molar-refractivity contribution is 5.95. The van der Waals surface area contributed by atoms with Crippen molar-refractivity contribution in [2.24, 2.45) is 28.6 Å². The number of urea groups is 1. The van der Waals surface area contributed by atoms with Crippen LogP contribution in [0.25, 0.3) is 0 Å². The summed E-state index contributed by atoms with van der Waals surface area (Å²) in [7, 11) is 1.82. The monoisotopic (exact) mass is 418 g/mol. The van der Waals surface area contributed by atoms with Gasteiger partial charge in [-0.05, 0) is 87.4 Å². The molecular formula is C25H42N2O3. The number of carbonyl (C=O) groups is 2. The summed E-state index contributed by atoms with van der Waals surface area (Å²) in [6.07, 6.45) is 10.4. The molecule has 0 radical (unpaired) electrons. The zero-order chi connectivity index (χ0) is 21.7. The lowest BCUT2D eigenvalue weighted by atomic mass is 9.47. The van der Waals surface area contributed by atoms with Crippen LogP contribution in [0.2, 0.25) is 0 Å². The molecule has 3 amide bonds. The van der Waals surface area contributed by atoms with Gasteiger partial charge in [0.1, 0.15) is 0 Å². The van der Waals surface area contributed by atoms with Crippen molar-refractivity contribution in [3.05, 3.63) is 0 Å². The topological polar surface area (TPSA) is 49.9 Å². The first-order valence-electron chi connectivity index (χ1n) is 12.4. The minimum Gasteiger partial charge on any atom is -0.380 e. The third-order valence-corrected chi connectivity index (χ3v) is 9.79. The second-order valence-corrected chi connectivity index (χ2v) is 11.2. The number of nitrogens with zero attached hydrogens (tertiary/aromatic N) is 2. The van der Waals surface area contributed by atoms with Gasteiger partial charge in [0.25, 0.3) is 0 Å². The van der Waals surface area contributed by atoms with E-state index < -0.39 is 0 Å². The summed E-state index contributed by atoms with van der Waals surface area (Å²) in [5.74, 6) is 2.32. The Hall–Kier alpha value is -1.10. The minimum atomic E-state index is -0.122. The van der Waals surface area contributed by atoms with E-state index in [0.29, 0.717) is 31.0 Å². The van der Waals surface area contributed by atoms with E-state index in [1.54, 1.807) is 9.80 Å². The molecule has 5 nitrogen and oxygen atoms in total. The van der Waals surface area contributed by atoms with E-state index in [1.165, 1.54) is 38.5 Å². The van der Waals surface area contributed by atoms with Gasteiger partial charge in [-0.15, -0.1) is 0 Å². The van der Waals surface area contributed by atoms with Crippen LogP contribution in [0.4, 0.5) is 4.79 Å². The molecule has 170 valence electrons. The number of hydrogen-bond acceptors (Lipinski definition) is 3. The Balaban J connectivity index is 1.56. The molecule has 3 saturated carbocycles. The number of imide groups is 1. The van der Waals surface area contributed by atoms with Gasteiger partial charge in [0.05, 0.1) is 12.6 Å². The number of hydrogen-bond donors (Lipinski definition) is 0. The number of piperidine rings is 1. The largest absolute Gasteiger partial charge is 0.380 e. The van der Waals surface area contributed by atoms with Gasteiger partial charge in [-0.25, -0.2) is 4.79 Å². The van der Waals surface area contributed by atoms with Crippen molar-refractivity contribution in [3.63, 3.8) is 0 Å². The number of likely N-dealkylation sites (N-methyl/N-ethyl adjacent to an activating group) is 1. The van der Waals surface area contributed by atoms with E-state index in [4.69, 9.17) is 4.74 Å². The number of ether oxygens (including phenoxy) is 1. The highest BCUT2D eigenvalue weighted by Crippen LogP contribution is 2.64. The Morgan fingerprint density at radius 2 is 1.93 bits per heavy atom. The van der Waals surface area contributed by atoms with Crippen LogP contribution in [0.3, 0.4) is 0 Å². The molecule has 1 aliphatic heterocycles. The molecule has 4 rings (SSSR count). The Morgan fingerprint density at radius 1 is 1.17 bits per heavy atom. The molecule has 7 atom stereocenters. The summed E-state index contributed by atoms with van der Waals surface area (Å²) in [6, 6.07) is -0.105. The van der Waals surface area contributed by atoms with Crippen molar-refractivity contribution < 1.29 is 14.3 Å². The van der Waals surface area contributed by atoms with Crippen molar-refractivity contribution in [2.45, 2.75) is 97.6 Å². The number of fused-ring (bicyclic) bond motifs is 5. The van der Waals surface area contributed by atoms with Gasteiger partial charge < -0.3 is 9.64 Å². The smallest absolute Gasteiger partial charge is 0.327 e. The molecular weight excluding hydrogens is 376 g/mol. The zero-order valence-electron chi connectivity index (χ0n) is 19.8. The first-order valence-corrected chi connectivity index (χ1v) is 12.4. The average Bonchev–Trinajstić information content (AvgIpc) is 3.13. The molecule has 0 aromatic heterocycles. The summed E-state index contributed by atoms with van der Waals surface area (Å²) in [4.78, 5) is 29.9. The number of carbonyl (C=O) groups excluding carboxylic acids is 2. The molecule has 30 heavy (non-hydrogen) atoms. The molecule has 0 bridgehead atoms. The summed E-state index contributed by atoms with van der Waals surface area (Å²) in [6.45, 7) is 10.0. The van der Waals surface area contributed by atoms with Crippen LogP contribution in [0.1, 0.15) is 85.5 Å². The number of amides is 3. The Kier molecular flexibility index (Phi) is 5.97. The second kappa shape index (κ2) is 8.11. The SMILES string of the molecule is CCOCC(C)N(C)C(=O)N1C(=O)CC[C@@]2(C)C1CC[C@@H]1[C@H]2CC[C@]2(C)CCC[C@@H]12. The van der Waals surface area contributed by atoms with Crippen molar-refractivity contribution in [1.82, 2.24) is 9.80 Å². The van der Waals surface area contributed by atoms with Crippen LogP contribution in [0.5, 0.6) is 0 Å². The van der Waals surface area contributed by atoms with Gasteiger partial charge >= 0.3 is 6.03 Å². The van der Waals surface area contributed by atoms with Crippen LogP contribution in [-0.4, -0.2) is 54.1 Å². The molecule has 3 aliphatic carbocycles. The van der Waals surface area contributed by atoms with Crippen LogP contribution >= 0.6 is 0 Å². The molecule has 0 N–H and O–H groups in total. The maximum absolute atomic E-state index is 13.5. The van der Waals surface area contributed by atoms with Crippen molar-refractivity contribution in [3.8, 4) is 0 Å². The summed E-state index contributed by atoms with van der Waals surface area (Å²) in [5, 5.41) is 0. The van der Waals surface area contributed by atoms with Crippen LogP contribution in [0, 0.1) is 28.6 Å². The molecule has 0 spiro atoms. The van der Waals surface area contributed by atoms with Gasteiger partial charge in [-0.1, -0.05) is 20.3 Å². The predicted molar refractivity (Wildman–Crippen MR) is 118 cm³/mol. The van der Waals surface area contributed by atoms with E-state index in [0.717, 1.165) is 24.7 Å². The number of likely N-dealkylation sites (tertiary alicyclic amines) is 1. The molecule has 2 unspecified atom stereocenters. The lowest BCUT2D eigenvalue weighted by Gasteiger charge is -2.61. The molecule has 5 heteroatoms. The van der Waals surface area contributed by atoms with E-state index in [9.17, 15) is 9.59 Å². The molecule has 4 aliphatic rings. The Labute approximate surface area is 182 Å². The standard InChI is InChI=1S/C25H42N2O3/c1-6-30-16-17(2)26(5)23(29)27-21-10-9-18-19-8-7-13-24(19,3)14-11-20(18)25(21,4)15-12-22(27)28/h17-21H,6-16H2,1-5H3/t17?,18-,19-,20+,21?,24-,25+/m0/s1. The average molecular weight is 419 g/mol. The van der Waals surface area contributed by atoms with Gasteiger partial charge in [0.2, 0.25) is 5.91 Å². The molecule has 1 heterocycles. The van der Waals surface area contributed by atoms with Crippen molar-refractivity contribution in [1.29, 1.82) is 0 Å². The minimum absolute atomic E-state index is 0.0258. The Morgan fingerprint density at radius 3 is 2.67 bits per heavy atom. The van der Waals surface area contributed by atoms with Gasteiger partial charge in [-0.3, -0.25) is 9.69 Å². The maximum atomic E-state index is 13.5. The van der Waals surface area contributed by atoms with Crippen molar-refractivity contribution >= 4 is 11.9 Å². The highest BCUT2D eigenvalue weighted by Gasteiger charge is 2.60. The summed E-state index contributed by atoms with van der Waals surface area (Å²) in [5.41, 5.74) is 0.611. The van der Waals surface area contributed by atoms with Crippen LogP contribution in [-0.2, 0) is 9.53 Å². The third kappa shape index (κ3) is 3.40. The van der Waals surface area contributed by atoms with Crippen molar-refractivity contribution in [2.75, 3.05) is 20.3 Å². The fourth-order valence-electron chi connectivity index (χ4n) is 7.87. The molecule has 0 aromatic rings. The van der Waals surface area contributed by atoms with Gasteiger partial charge in [-0.2, -0.15) is 0 Å². The molecule has 1 saturated heterocycles. The van der Waals surface area contributed by atoms with E-state index in [2.05, 4.69) is 13.8 Å². The first-order chi connectivity index (χ1) is 14.2. The molecule has 4 fully saturated rings. The maximum Gasteiger partial charge on any atom is 0.327 e. The van der Waals surface area contributed by atoms with E-state index >= 15 is 0 Å². The fourth-order valence-corrected chi connectivity index (χ4v) is 7.87. The van der Waals surface area contributed by atoms with Gasteiger partial charge in [0, 0.05) is 26.1 Å². The second-order valence-electron chi connectivity index (χ2n) is 11.2. The highest BCUT2D eigenvalue weighted by atomic mass is 16.5. The fraction of sp³-hybridized carbons (Fsp3) is 0.920. The predicted octanol–water partition coefficient (Wildman–Crippen LogP) is 5.09. The number of rotatable bonds is 4. The summed E-state index contributed by atoms with van der Waals surface area (Å²) >= 11 is 0. The van der Waals surface area contributed by atoms with E-state index in [1.807, 2.05) is 20.9 Å². The lowest BCUT2D eigenvalue weighted by molar-refractivity contribution is -0.154. The van der Waals surface area contributed by atoms with Crippen LogP contribution < -0.4 is 0 Å². The molecule has 0 aromatic carbocycles. The first kappa shape index (κ1) is 22.1. The zero-order valence-corrected chi connectivity index (χ0v) is 19.8. The van der Waals surface area contributed by atoms with Gasteiger partial charge in [0.15, 0.2) is 0 Å². The normalized spacial score (nSPS) is 41.6. The lowest BCUT2D eigenvalue weighted by Crippen LogP contribution is -2.65. The summed E-state index contributed by atoms with van der Waals surface area (Å²) < 4.78 is 5.53. The Bertz CT molecular complexity index is 681. The van der Waals surface area contributed by atoms with Crippen LogP contribution in [0.15, 0.2) is 0 Å². The third-order valence-electron chi connectivity index (χ3n) is 9.79. The van der Waals surface area contributed by atoms with E-state index in [-0.39, 0.29) is 29.4 Å².